The van der Waals surface area contributed by atoms with Crippen LogP contribution >= 0.6 is 15.9 Å². The standard InChI is InChI=1S/C23H19BrN4O2/c1-27-21-8-5-14(20-10-16(12-29)25-26-20)9-18(21)19-11-17(23(30)28(2)22(19)27)13-3-6-15(24)7-4-13/h3-11,29H,12H2,1-2H3,(H,25,26). The highest BCUT2D eigenvalue weighted by molar-refractivity contribution is 9.10. The van der Waals surface area contributed by atoms with E-state index < -0.39 is 0 Å². The highest BCUT2D eigenvalue weighted by Crippen LogP contribution is 2.33. The Morgan fingerprint density at radius 1 is 0.967 bits per heavy atom. The predicted octanol–water partition coefficient (Wildman–Crippen LogP) is 4.34. The van der Waals surface area contributed by atoms with E-state index in [-0.39, 0.29) is 12.2 Å². The van der Waals surface area contributed by atoms with Gasteiger partial charge >= 0.3 is 0 Å². The lowest BCUT2D eigenvalue weighted by Gasteiger charge is -2.08. The Morgan fingerprint density at radius 2 is 1.70 bits per heavy atom. The summed E-state index contributed by atoms with van der Waals surface area (Å²) >= 11 is 3.45. The van der Waals surface area contributed by atoms with Crippen LogP contribution in [0.3, 0.4) is 0 Å². The minimum Gasteiger partial charge on any atom is -0.390 e. The van der Waals surface area contributed by atoms with Gasteiger partial charge in [-0.3, -0.25) is 14.5 Å². The van der Waals surface area contributed by atoms with Gasteiger partial charge in [-0.25, -0.2) is 0 Å². The summed E-state index contributed by atoms with van der Waals surface area (Å²) in [6.07, 6.45) is 0. The molecular formula is C23H19BrN4O2. The minimum atomic E-state index is -0.105. The van der Waals surface area contributed by atoms with Gasteiger partial charge < -0.3 is 9.67 Å². The molecule has 0 spiro atoms. The summed E-state index contributed by atoms with van der Waals surface area (Å²) in [5, 5.41) is 18.5. The number of fused-ring (bicyclic) bond motifs is 3. The summed E-state index contributed by atoms with van der Waals surface area (Å²) < 4.78 is 4.74. The van der Waals surface area contributed by atoms with Crippen LogP contribution in [0.4, 0.5) is 0 Å². The SMILES string of the molecule is Cn1c(=O)c(-c2ccc(Br)cc2)cc2c3cc(-c4cc(CO)n[nH]4)ccc3n(C)c21. The molecule has 0 amide bonds. The van der Waals surface area contributed by atoms with E-state index in [1.165, 1.54) is 0 Å². The predicted molar refractivity (Wildman–Crippen MR) is 122 cm³/mol. The summed E-state index contributed by atoms with van der Waals surface area (Å²) in [4.78, 5) is 13.1. The van der Waals surface area contributed by atoms with Crippen LogP contribution in [0.5, 0.6) is 0 Å². The summed E-state index contributed by atoms with van der Waals surface area (Å²) in [5.74, 6) is 0. The van der Waals surface area contributed by atoms with Gasteiger partial charge in [0.15, 0.2) is 0 Å². The number of rotatable bonds is 3. The quantitative estimate of drug-likeness (QED) is 0.418. The Labute approximate surface area is 180 Å². The lowest BCUT2D eigenvalue weighted by atomic mass is 10.0. The van der Waals surface area contributed by atoms with Crippen molar-refractivity contribution in [3.63, 3.8) is 0 Å². The second-order valence-corrected chi connectivity index (χ2v) is 8.30. The van der Waals surface area contributed by atoms with Crippen molar-refractivity contribution < 1.29 is 5.11 Å². The van der Waals surface area contributed by atoms with Crippen molar-refractivity contribution in [3.8, 4) is 22.4 Å². The Bertz CT molecular complexity index is 1480. The number of H-pyrrole nitrogens is 1. The molecule has 7 heteroatoms. The highest BCUT2D eigenvalue weighted by Gasteiger charge is 2.17. The topological polar surface area (TPSA) is 75.8 Å². The van der Waals surface area contributed by atoms with Crippen LogP contribution in [-0.2, 0) is 20.7 Å². The van der Waals surface area contributed by atoms with Crippen molar-refractivity contribution >= 4 is 37.9 Å². The van der Waals surface area contributed by atoms with Crippen LogP contribution < -0.4 is 5.56 Å². The number of aliphatic hydroxyl groups excluding tert-OH is 1. The molecule has 0 fully saturated rings. The number of nitrogens with one attached hydrogen (secondary N) is 1. The first kappa shape index (κ1) is 18.8. The molecule has 0 aliphatic carbocycles. The van der Waals surface area contributed by atoms with Crippen molar-refractivity contribution in [1.29, 1.82) is 0 Å². The molecule has 6 nitrogen and oxygen atoms in total. The smallest absolute Gasteiger partial charge is 0.259 e. The van der Waals surface area contributed by atoms with Crippen molar-refractivity contribution in [1.82, 2.24) is 19.3 Å². The molecule has 0 aliphatic rings. The van der Waals surface area contributed by atoms with Crippen LogP contribution in [-0.4, -0.2) is 24.4 Å². The molecule has 2 N–H and O–H groups in total. The average Bonchev–Trinajstić information content (AvgIpc) is 3.34. The van der Waals surface area contributed by atoms with E-state index >= 15 is 0 Å². The minimum absolute atomic E-state index is 0.0305. The maximum atomic E-state index is 13.1. The van der Waals surface area contributed by atoms with E-state index in [9.17, 15) is 9.90 Å². The number of aryl methyl sites for hydroxylation is 2. The monoisotopic (exact) mass is 462 g/mol. The first-order valence-electron chi connectivity index (χ1n) is 9.51. The van der Waals surface area contributed by atoms with Gasteiger partial charge in [0.2, 0.25) is 0 Å². The van der Waals surface area contributed by atoms with Gasteiger partial charge in [0.25, 0.3) is 5.56 Å². The van der Waals surface area contributed by atoms with Gasteiger partial charge in [-0.15, -0.1) is 0 Å². The molecule has 0 saturated heterocycles. The molecule has 0 radical (unpaired) electrons. The Kier molecular flexibility index (Phi) is 4.38. The first-order chi connectivity index (χ1) is 14.5. The molecule has 30 heavy (non-hydrogen) atoms. The van der Waals surface area contributed by atoms with Gasteiger partial charge in [-0.05, 0) is 42.0 Å². The lowest BCUT2D eigenvalue weighted by Crippen LogP contribution is -2.20. The van der Waals surface area contributed by atoms with E-state index in [4.69, 9.17) is 0 Å². The summed E-state index contributed by atoms with van der Waals surface area (Å²) in [6.45, 7) is -0.105. The Morgan fingerprint density at radius 3 is 2.40 bits per heavy atom. The molecule has 0 unspecified atom stereocenters. The van der Waals surface area contributed by atoms with E-state index in [0.29, 0.717) is 11.3 Å². The molecule has 150 valence electrons. The second-order valence-electron chi connectivity index (χ2n) is 7.39. The molecular weight excluding hydrogens is 444 g/mol. The number of aliphatic hydroxyl groups is 1. The fourth-order valence-corrected chi connectivity index (χ4v) is 4.35. The number of hydrogen-bond acceptors (Lipinski definition) is 3. The molecule has 0 aliphatic heterocycles. The van der Waals surface area contributed by atoms with Crippen LogP contribution in [0.2, 0.25) is 0 Å². The third-order valence-electron chi connectivity index (χ3n) is 5.61. The zero-order valence-electron chi connectivity index (χ0n) is 16.5. The summed E-state index contributed by atoms with van der Waals surface area (Å²) in [6, 6.07) is 17.8. The maximum Gasteiger partial charge on any atom is 0.259 e. The fourth-order valence-electron chi connectivity index (χ4n) is 4.09. The maximum absolute atomic E-state index is 13.1. The molecule has 5 aromatic rings. The third-order valence-corrected chi connectivity index (χ3v) is 6.14. The number of halogens is 1. The van der Waals surface area contributed by atoms with E-state index in [2.05, 4.69) is 32.2 Å². The fraction of sp³-hybridized carbons (Fsp3) is 0.130. The van der Waals surface area contributed by atoms with Crippen molar-refractivity contribution in [2.75, 3.05) is 0 Å². The van der Waals surface area contributed by atoms with Gasteiger partial charge in [0.1, 0.15) is 5.65 Å². The van der Waals surface area contributed by atoms with Crippen molar-refractivity contribution in [2.45, 2.75) is 6.61 Å². The Balaban J connectivity index is 1.81. The summed E-state index contributed by atoms with van der Waals surface area (Å²) in [5.41, 5.74) is 5.85. The van der Waals surface area contributed by atoms with Gasteiger partial charge in [0, 0.05) is 40.5 Å². The zero-order chi connectivity index (χ0) is 21.0. The van der Waals surface area contributed by atoms with E-state index in [0.717, 1.165) is 43.2 Å². The van der Waals surface area contributed by atoms with Gasteiger partial charge in [-0.1, -0.05) is 34.1 Å². The normalized spacial score (nSPS) is 11.6. The molecule has 3 aromatic heterocycles. The third kappa shape index (κ3) is 2.81. The van der Waals surface area contributed by atoms with Gasteiger partial charge in [-0.2, -0.15) is 5.10 Å². The van der Waals surface area contributed by atoms with Crippen LogP contribution in [0.1, 0.15) is 5.69 Å². The van der Waals surface area contributed by atoms with Crippen LogP contribution in [0, 0.1) is 0 Å². The zero-order valence-corrected chi connectivity index (χ0v) is 18.1. The summed E-state index contributed by atoms with van der Waals surface area (Å²) in [7, 11) is 3.79. The number of nitrogens with zero attached hydrogens (tertiary/aromatic N) is 3. The van der Waals surface area contributed by atoms with E-state index in [1.54, 1.807) is 4.57 Å². The molecule has 0 bridgehead atoms. The number of aromatic amines is 1. The van der Waals surface area contributed by atoms with Crippen LogP contribution in [0.15, 0.2) is 63.9 Å². The highest BCUT2D eigenvalue weighted by atomic mass is 79.9. The lowest BCUT2D eigenvalue weighted by molar-refractivity contribution is 0.276. The molecule has 2 aromatic carbocycles. The van der Waals surface area contributed by atoms with Gasteiger partial charge in [0.05, 0.1) is 23.5 Å². The molecule has 0 atom stereocenters. The second kappa shape index (κ2) is 6.97. The number of hydrogen-bond donors (Lipinski definition) is 2. The van der Waals surface area contributed by atoms with Crippen LogP contribution in [0.25, 0.3) is 44.3 Å². The number of pyridine rings is 1. The number of aromatic nitrogens is 4. The average molecular weight is 463 g/mol. The van der Waals surface area contributed by atoms with E-state index in [1.807, 2.05) is 67.2 Å². The van der Waals surface area contributed by atoms with Crippen molar-refractivity contribution in [2.24, 2.45) is 14.1 Å². The van der Waals surface area contributed by atoms with Crippen molar-refractivity contribution in [3.05, 3.63) is 75.1 Å². The molecule has 0 saturated carbocycles. The largest absolute Gasteiger partial charge is 0.390 e. The number of benzene rings is 2. The molecule has 5 rings (SSSR count). The molecule has 3 heterocycles. The first-order valence-corrected chi connectivity index (χ1v) is 10.3. The Hall–Kier alpha value is -3.16.